The normalized spacial score (nSPS) is 22.2. The van der Waals surface area contributed by atoms with E-state index < -0.39 is 36.2 Å². The van der Waals surface area contributed by atoms with Crippen LogP contribution in [0.15, 0.2) is 42.7 Å². The standard InChI is InChI=1S/C17H18O7/c1-11(18)23-14-8-9-21-15(16(14)24-12(2)19)10-22-17(20)13-6-4-3-5-7-13/h3-9,14-16H,10H2,1-2H3/t14-,15-,16+/m1/s1. The van der Waals surface area contributed by atoms with Gasteiger partial charge in [0.2, 0.25) is 0 Å². The van der Waals surface area contributed by atoms with Crippen molar-refractivity contribution in [3.8, 4) is 0 Å². The summed E-state index contributed by atoms with van der Waals surface area (Å²) in [6, 6.07) is 8.46. The van der Waals surface area contributed by atoms with Crippen LogP contribution in [0.3, 0.4) is 0 Å². The molecule has 7 nitrogen and oxygen atoms in total. The van der Waals surface area contributed by atoms with Gasteiger partial charge < -0.3 is 18.9 Å². The van der Waals surface area contributed by atoms with Crippen molar-refractivity contribution < 1.29 is 33.3 Å². The second kappa shape index (κ2) is 8.14. The Hall–Kier alpha value is -2.83. The molecule has 1 aromatic rings. The molecular formula is C17H18O7. The van der Waals surface area contributed by atoms with E-state index >= 15 is 0 Å². The van der Waals surface area contributed by atoms with E-state index in [1.807, 2.05) is 0 Å². The van der Waals surface area contributed by atoms with Gasteiger partial charge in [-0.2, -0.15) is 0 Å². The minimum atomic E-state index is -0.903. The van der Waals surface area contributed by atoms with Gasteiger partial charge in [-0.25, -0.2) is 4.79 Å². The highest BCUT2D eigenvalue weighted by Crippen LogP contribution is 2.20. The number of carbonyl (C=O) groups excluding carboxylic acids is 3. The molecule has 24 heavy (non-hydrogen) atoms. The van der Waals surface area contributed by atoms with Gasteiger partial charge in [0, 0.05) is 13.8 Å². The van der Waals surface area contributed by atoms with Gasteiger partial charge in [-0.3, -0.25) is 9.59 Å². The van der Waals surface area contributed by atoms with Crippen LogP contribution in [0.4, 0.5) is 0 Å². The van der Waals surface area contributed by atoms with E-state index in [1.54, 1.807) is 30.3 Å². The number of benzene rings is 1. The molecule has 0 spiro atoms. The van der Waals surface area contributed by atoms with E-state index in [4.69, 9.17) is 18.9 Å². The lowest BCUT2D eigenvalue weighted by molar-refractivity contribution is -0.176. The molecule has 0 N–H and O–H groups in total. The molecule has 0 unspecified atom stereocenters. The summed E-state index contributed by atoms with van der Waals surface area (Å²) < 4.78 is 20.8. The van der Waals surface area contributed by atoms with Crippen molar-refractivity contribution in [3.05, 3.63) is 48.2 Å². The van der Waals surface area contributed by atoms with Crippen LogP contribution in [-0.4, -0.2) is 42.8 Å². The fraction of sp³-hybridized carbons (Fsp3) is 0.353. The summed E-state index contributed by atoms with van der Waals surface area (Å²) in [6.45, 7) is 2.32. The van der Waals surface area contributed by atoms with E-state index in [9.17, 15) is 14.4 Å². The smallest absolute Gasteiger partial charge is 0.338 e. The zero-order valence-electron chi connectivity index (χ0n) is 13.3. The Balaban J connectivity index is 2.03. The predicted octanol–water partition coefficient (Wildman–Crippen LogP) is 1.62. The van der Waals surface area contributed by atoms with Crippen LogP contribution in [-0.2, 0) is 28.5 Å². The summed E-state index contributed by atoms with van der Waals surface area (Å²) in [5.74, 6) is -1.61. The highest BCUT2D eigenvalue weighted by atomic mass is 16.6. The molecule has 0 bridgehead atoms. The van der Waals surface area contributed by atoms with Crippen LogP contribution in [0.25, 0.3) is 0 Å². The first-order valence-electron chi connectivity index (χ1n) is 7.36. The van der Waals surface area contributed by atoms with Crippen LogP contribution >= 0.6 is 0 Å². The van der Waals surface area contributed by atoms with Crippen molar-refractivity contribution in [1.82, 2.24) is 0 Å². The largest absolute Gasteiger partial charge is 0.491 e. The van der Waals surface area contributed by atoms with E-state index in [-0.39, 0.29) is 6.61 Å². The number of hydrogen-bond donors (Lipinski definition) is 0. The van der Waals surface area contributed by atoms with Gasteiger partial charge in [0.05, 0.1) is 11.8 Å². The molecule has 0 saturated carbocycles. The lowest BCUT2D eigenvalue weighted by Crippen LogP contribution is -2.47. The molecule has 0 aromatic heterocycles. The van der Waals surface area contributed by atoms with Gasteiger partial charge in [0.15, 0.2) is 18.3 Å². The third-order valence-electron chi connectivity index (χ3n) is 3.20. The maximum absolute atomic E-state index is 12.0. The molecule has 1 heterocycles. The minimum Gasteiger partial charge on any atom is -0.491 e. The number of ether oxygens (including phenoxy) is 4. The summed E-state index contributed by atoms with van der Waals surface area (Å²) in [5.41, 5.74) is 0.393. The quantitative estimate of drug-likeness (QED) is 0.597. The molecule has 1 aliphatic rings. The van der Waals surface area contributed by atoms with E-state index in [1.165, 1.54) is 26.2 Å². The first-order chi connectivity index (χ1) is 11.5. The molecule has 7 heteroatoms. The van der Waals surface area contributed by atoms with Crippen LogP contribution in [0.1, 0.15) is 24.2 Å². The fourth-order valence-electron chi connectivity index (χ4n) is 2.20. The Morgan fingerprint density at radius 2 is 1.71 bits per heavy atom. The van der Waals surface area contributed by atoms with E-state index in [0.29, 0.717) is 5.56 Å². The maximum Gasteiger partial charge on any atom is 0.338 e. The monoisotopic (exact) mass is 334 g/mol. The molecule has 0 aliphatic carbocycles. The second-order valence-electron chi connectivity index (χ2n) is 5.12. The predicted molar refractivity (Wildman–Crippen MR) is 81.8 cm³/mol. The first kappa shape index (κ1) is 17.5. The Kier molecular flexibility index (Phi) is 5.95. The molecule has 2 rings (SSSR count). The minimum absolute atomic E-state index is 0.159. The van der Waals surface area contributed by atoms with Gasteiger partial charge in [0.25, 0.3) is 0 Å². The van der Waals surface area contributed by atoms with Crippen LogP contribution < -0.4 is 0 Å². The number of rotatable bonds is 5. The Morgan fingerprint density at radius 3 is 2.33 bits per heavy atom. The molecule has 1 aromatic carbocycles. The number of esters is 3. The van der Waals surface area contributed by atoms with Gasteiger partial charge in [0.1, 0.15) is 6.61 Å². The average molecular weight is 334 g/mol. The Labute approximate surface area is 139 Å². The van der Waals surface area contributed by atoms with Crippen LogP contribution in [0.2, 0.25) is 0 Å². The Morgan fingerprint density at radius 1 is 1.04 bits per heavy atom. The summed E-state index contributed by atoms with van der Waals surface area (Å²) >= 11 is 0. The molecule has 0 fully saturated rings. The lowest BCUT2D eigenvalue weighted by atomic mass is 10.1. The van der Waals surface area contributed by atoms with E-state index in [0.717, 1.165) is 0 Å². The van der Waals surface area contributed by atoms with Gasteiger partial charge in [-0.15, -0.1) is 0 Å². The summed E-state index contributed by atoms with van der Waals surface area (Å²) in [5, 5.41) is 0. The third-order valence-corrected chi connectivity index (χ3v) is 3.20. The van der Waals surface area contributed by atoms with Crippen molar-refractivity contribution >= 4 is 17.9 Å². The van der Waals surface area contributed by atoms with Gasteiger partial charge in [-0.1, -0.05) is 18.2 Å². The summed E-state index contributed by atoms with van der Waals surface area (Å²) in [6.07, 6.45) is 0.301. The van der Waals surface area contributed by atoms with Crippen molar-refractivity contribution in [3.63, 3.8) is 0 Å². The zero-order valence-corrected chi connectivity index (χ0v) is 13.3. The van der Waals surface area contributed by atoms with Gasteiger partial charge in [-0.05, 0) is 18.2 Å². The van der Waals surface area contributed by atoms with Crippen molar-refractivity contribution in [2.24, 2.45) is 0 Å². The first-order valence-corrected chi connectivity index (χ1v) is 7.36. The van der Waals surface area contributed by atoms with Gasteiger partial charge >= 0.3 is 17.9 Å². The molecule has 0 radical (unpaired) electrons. The van der Waals surface area contributed by atoms with Crippen LogP contribution in [0, 0.1) is 0 Å². The second-order valence-corrected chi connectivity index (χ2v) is 5.12. The lowest BCUT2D eigenvalue weighted by Gasteiger charge is -2.33. The SMILES string of the molecule is CC(=O)O[C@H]1[C@H](OC(C)=O)C=CO[C@@H]1COC(=O)c1ccccc1. The molecular weight excluding hydrogens is 316 g/mol. The van der Waals surface area contributed by atoms with Crippen LogP contribution in [0.5, 0.6) is 0 Å². The number of hydrogen-bond acceptors (Lipinski definition) is 7. The van der Waals surface area contributed by atoms with E-state index in [2.05, 4.69) is 0 Å². The summed E-state index contributed by atoms with van der Waals surface area (Å²) in [4.78, 5) is 34.5. The topological polar surface area (TPSA) is 88.1 Å². The highest BCUT2D eigenvalue weighted by Gasteiger charge is 2.38. The van der Waals surface area contributed by atoms with Crippen molar-refractivity contribution in [1.29, 1.82) is 0 Å². The summed E-state index contributed by atoms with van der Waals surface area (Å²) in [7, 11) is 0. The maximum atomic E-state index is 12.0. The molecule has 3 atom stereocenters. The van der Waals surface area contributed by atoms with Crippen molar-refractivity contribution in [2.45, 2.75) is 32.2 Å². The third kappa shape index (κ3) is 4.84. The fourth-order valence-corrected chi connectivity index (χ4v) is 2.20. The molecule has 1 aliphatic heterocycles. The molecule has 0 amide bonds. The average Bonchev–Trinajstić information content (AvgIpc) is 2.55. The number of carbonyl (C=O) groups is 3. The highest BCUT2D eigenvalue weighted by molar-refractivity contribution is 5.89. The Bertz CT molecular complexity index is 623. The molecule has 0 saturated heterocycles. The zero-order chi connectivity index (χ0) is 17.5. The molecule has 128 valence electrons. The van der Waals surface area contributed by atoms with Crippen molar-refractivity contribution in [2.75, 3.05) is 6.61 Å².